The zero-order chi connectivity index (χ0) is 20.0. The molecule has 0 saturated heterocycles. The Morgan fingerprint density at radius 1 is 1.29 bits per heavy atom. The molecular weight excluding hydrogens is 372 g/mol. The molecule has 1 heterocycles. The fourth-order valence-electron chi connectivity index (χ4n) is 4.22. The van der Waals surface area contributed by atoms with E-state index >= 15 is 0 Å². The average Bonchev–Trinajstić information content (AvgIpc) is 3.13. The number of ether oxygens (including phenoxy) is 2. The molecule has 0 spiro atoms. The number of aromatic nitrogens is 4. The number of methoxy groups -OCH3 is 1. The largest absolute Gasteiger partial charge is 0.359 e. The fourth-order valence-corrected chi connectivity index (χ4v) is 5.16. The number of para-hydroxylation sites is 1. The van der Waals surface area contributed by atoms with Crippen molar-refractivity contribution >= 4 is 11.8 Å². The lowest BCUT2D eigenvalue weighted by atomic mass is 9.65. The molecule has 3 atom stereocenters. The lowest BCUT2D eigenvalue weighted by molar-refractivity contribution is -0.127. The van der Waals surface area contributed by atoms with Gasteiger partial charge in [0.15, 0.2) is 0 Å². The molecule has 1 unspecified atom stereocenters. The number of nitrogens with zero attached hydrogens (tertiary/aromatic N) is 4. The summed E-state index contributed by atoms with van der Waals surface area (Å²) >= 11 is 1.74. The van der Waals surface area contributed by atoms with Gasteiger partial charge >= 0.3 is 0 Å². The van der Waals surface area contributed by atoms with Gasteiger partial charge in [-0.15, -0.1) is 5.10 Å². The van der Waals surface area contributed by atoms with Crippen LogP contribution >= 0.6 is 11.8 Å². The van der Waals surface area contributed by atoms with E-state index in [0.717, 1.165) is 30.1 Å². The van der Waals surface area contributed by atoms with Crippen molar-refractivity contribution in [3.05, 3.63) is 30.3 Å². The summed E-state index contributed by atoms with van der Waals surface area (Å²) < 4.78 is 13.0. The van der Waals surface area contributed by atoms with Crippen LogP contribution in [-0.4, -0.2) is 45.5 Å². The van der Waals surface area contributed by atoms with Gasteiger partial charge in [0.05, 0.1) is 11.8 Å². The molecule has 1 aromatic heterocycles. The van der Waals surface area contributed by atoms with Gasteiger partial charge in [-0.3, -0.25) is 0 Å². The van der Waals surface area contributed by atoms with Crippen LogP contribution in [0.2, 0.25) is 0 Å². The van der Waals surface area contributed by atoms with E-state index in [9.17, 15) is 0 Å². The third kappa shape index (κ3) is 5.33. The third-order valence-corrected chi connectivity index (χ3v) is 6.90. The van der Waals surface area contributed by atoms with Crippen molar-refractivity contribution < 1.29 is 9.47 Å². The van der Waals surface area contributed by atoms with Crippen LogP contribution in [-0.2, 0) is 9.47 Å². The first-order chi connectivity index (χ1) is 13.5. The summed E-state index contributed by atoms with van der Waals surface area (Å²) in [6, 6.07) is 10.0. The number of tetrazole rings is 1. The van der Waals surface area contributed by atoms with Gasteiger partial charge in [0.1, 0.15) is 6.79 Å². The molecule has 1 fully saturated rings. The summed E-state index contributed by atoms with van der Waals surface area (Å²) in [7, 11) is 1.69. The monoisotopic (exact) mass is 404 g/mol. The SMILES string of the molecule is COCO[C@H]1CCCC(C)(C)[C@@H]1CCC(C)Sc1nnnn1-c1ccccc1. The number of hydrogen-bond donors (Lipinski definition) is 0. The lowest BCUT2D eigenvalue weighted by Gasteiger charge is -2.44. The molecule has 0 aliphatic heterocycles. The number of benzene rings is 1. The highest BCUT2D eigenvalue weighted by Crippen LogP contribution is 2.45. The Morgan fingerprint density at radius 2 is 2.07 bits per heavy atom. The molecule has 3 rings (SSSR count). The fraction of sp³-hybridized carbons (Fsp3) is 0.667. The summed E-state index contributed by atoms with van der Waals surface area (Å²) in [6.07, 6.45) is 6.16. The molecule has 1 aromatic carbocycles. The number of hydrogen-bond acceptors (Lipinski definition) is 6. The van der Waals surface area contributed by atoms with Crippen molar-refractivity contribution in [2.75, 3.05) is 13.9 Å². The Bertz CT molecular complexity index is 722. The molecule has 0 N–H and O–H groups in total. The molecule has 154 valence electrons. The van der Waals surface area contributed by atoms with E-state index in [1.165, 1.54) is 12.8 Å². The summed E-state index contributed by atoms with van der Waals surface area (Å²) in [4.78, 5) is 0. The van der Waals surface area contributed by atoms with Crippen molar-refractivity contribution in [2.24, 2.45) is 11.3 Å². The normalized spacial score (nSPS) is 22.9. The Labute approximate surface area is 172 Å². The molecule has 2 aromatic rings. The standard InChI is InChI=1S/C21H32N4O2S/c1-16(28-20-22-23-24-25(20)17-9-6-5-7-10-17)12-13-18-19(27-15-26-4)11-8-14-21(18,2)3/h5-7,9-10,16,18-19H,8,11-15H2,1-4H3/t16?,18-,19+/m1/s1. The molecule has 1 aliphatic rings. The molecule has 7 heteroatoms. The van der Waals surface area contributed by atoms with Crippen LogP contribution in [0.5, 0.6) is 0 Å². The number of rotatable bonds is 9. The van der Waals surface area contributed by atoms with Crippen LogP contribution in [0.25, 0.3) is 5.69 Å². The van der Waals surface area contributed by atoms with E-state index in [-0.39, 0.29) is 6.10 Å². The van der Waals surface area contributed by atoms with Crippen molar-refractivity contribution in [1.82, 2.24) is 20.2 Å². The zero-order valence-corrected chi connectivity index (χ0v) is 18.2. The van der Waals surface area contributed by atoms with E-state index in [0.29, 0.717) is 23.4 Å². The predicted octanol–water partition coefficient (Wildman–Crippen LogP) is 4.74. The highest BCUT2D eigenvalue weighted by atomic mass is 32.2. The van der Waals surface area contributed by atoms with E-state index in [2.05, 4.69) is 36.3 Å². The molecule has 1 saturated carbocycles. The first kappa shape index (κ1) is 21.3. The van der Waals surface area contributed by atoms with Gasteiger partial charge in [0.2, 0.25) is 5.16 Å². The van der Waals surface area contributed by atoms with Crippen LogP contribution in [0.4, 0.5) is 0 Å². The maximum absolute atomic E-state index is 6.03. The predicted molar refractivity (Wildman–Crippen MR) is 112 cm³/mol. The van der Waals surface area contributed by atoms with Gasteiger partial charge < -0.3 is 9.47 Å². The summed E-state index contributed by atoms with van der Waals surface area (Å²) in [5, 5.41) is 13.5. The lowest BCUT2D eigenvalue weighted by Crippen LogP contribution is -2.40. The Hall–Kier alpha value is -1.44. The van der Waals surface area contributed by atoms with Gasteiger partial charge in [0, 0.05) is 12.4 Å². The minimum atomic E-state index is 0.288. The Kier molecular flexibility index (Phi) is 7.48. The number of thioether (sulfide) groups is 1. The Balaban J connectivity index is 1.60. The van der Waals surface area contributed by atoms with Crippen LogP contribution in [0.15, 0.2) is 35.5 Å². The maximum atomic E-state index is 6.03. The van der Waals surface area contributed by atoms with E-state index in [4.69, 9.17) is 9.47 Å². The molecule has 28 heavy (non-hydrogen) atoms. The van der Waals surface area contributed by atoms with Crippen molar-refractivity contribution in [3.8, 4) is 5.69 Å². The van der Waals surface area contributed by atoms with E-state index < -0.39 is 0 Å². The maximum Gasteiger partial charge on any atom is 0.214 e. The second kappa shape index (κ2) is 9.85. The minimum Gasteiger partial charge on any atom is -0.359 e. The molecule has 1 aliphatic carbocycles. The summed E-state index contributed by atoms with van der Waals surface area (Å²) in [5.41, 5.74) is 1.29. The summed E-state index contributed by atoms with van der Waals surface area (Å²) in [6.45, 7) is 7.41. The summed E-state index contributed by atoms with van der Waals surface area (Å²) in [5.74, 6) is 0.546. The third-order valence-electron chi connectivity index (χ3n) is 5.79. The van der Waals surface area contributed by atoms with Gasteiger partial charge in [-0.2, -0.15) is 4.68 Å². The first-order valence-electron chi connectivity index (χ1n) is 10.1. The van der Waals surface area contributed by atoms with Gasteiger partial charge in [0.25, 0.3) is 0 Å². The zero-order valence-electron chi connectivity index (χ0n) is 17.4. The smallest absolute Gasteiger partial charge is 0.214 e. The van der Waals surface area contributed by atoms with Gasteiger partial charge in [-0.05, 0) is 59.6 Å². The second-order valence-electron chi connectivity index (χ2n) is 8.31. The Morgan fingerprint density at radius 3 is 2.82 bits per heavy atom. The van der Waals surface area contributed by atoms with Crippen LogP contribution in [0, 0.1) is 11.3 Å². The topological polar surface area (TPSA) is 62.1 Å². The van der Waals surface area contributed by atoms with Gasteiger partial charge in [-0.25, -0.2) is 0 Å². The van der Waals surface area contributed by atoms with E-state index in [1.54, 1.807) is 18.9 Å². The molecular formula is C21H32N4O2S. The van der Waals surface area contributed by atoms with Crippen LogP contribution < -0.4 is 0 Å². The van der Waals surface area contributed by atoms with Crippen molar-refractivity contribution in [3.63, 3.8) is 0 Å². The van der Waals surface area contributed by atoms with E-state index in [1.807, 2.05) is 35.0 Å². The molecule has 6 nitrogen and oxygen atoms in total. The second-order valence-corrected chi connectivity index (χ2v) is 9.72. The highest BCUT2D eigenvalue weighted by Gasteiger charge is 2.39. The van der Waals surface area contributed by atoms with Crippen LogP contribution in [0.3, 0.4) is 0 Å². The van der Waals surface area contributed by atoms with Crippen LogP contribution in [0.1, 0.15) is 52.9 Å². The molecule has 0 bridgehead atoms. The minimum absolute atomic E-state index is 0.288. The quantitative estimate of drug-likeness (QED) is 0.444. The average molecular weight is 405 g/mol. The first-order valence-corrected chi connectivity index (χ1v) is 11.0. The van der Waals surface area contributed by atoms with Crippen molar-refractivity contribution in [1.29, 1.82) is 0 Å². The molecule has 0 amide bonds. The highest BCUT2D eigenvalue weighted by molar-refractivity contribution is 7.99. The van der Waals surface area contributed by atoms with Crippen molar-refractivity contribution in [2.45, 2.75) is 69.4 Å². The van der Waals surface area contributed by atoms with Gasteiger partial charge in [-0.1, -0.05) is 57.2 Å². The molecule has 0 radical (unpaired) electrons.